The van der Waals surface area contributed by atoms with Crippen LogP contribution in [0.2, 0.25) is 0 Å². The molecule has 68 heavy (non-hydrogen) atoms. The molecular formula is C52H56FN7O8. The van der Waals surface area contributed by atoms with E-state index in [-0.39, 0.29) is 59.3 Å². The Balaban J connectivity index is 0.000000153. The van der Waals surface area contributed by atoms with Crippen molar-refractivity contribution in [2.45, 2.75) is 117 Å². The molecule has 6 aromatic rings. The van der Waals surface area contributed by atoms with Gasteiger partial charge in [0.15, 0.2) is 6.10 Å². The van der Waals surface area contributed by atoms with Gasteiger partial charge < -0.3 is 34.5 Å². The number of cyclic esters (lactones) is 1. The number of hydrogen-bond donors (Lipinski definition) is 4. The van der Waals surface area contributed by atoms with Gasteiger partial charge in [-0.15, -0.1) is 0 Å². The predicted molar refractivity (Wildman–Crippen MR) is 251 cm³/mol. The number of pyridine rings is 2. The van der Waals surface area contributed by atoms with E-state index in [9.17, 15) is 33.8 Å². The molecule has 1 saturated heterocycles. The molecule has 2 fully saturated rings. The highest BCUT2D eigenvalue weighted by Crippen LogP contribution is 2.50. The summed E-state index contributed by atoms with van der Waals surface area (Å²) in [5, 5.41) is 32.8. The number of aromatic nitrogens is 4. The molecule has 6 aliphatic rings. The van der Waals surface area contributed by atoms with Gasteiger partial charge in [-0.05, 0) is 84.0 Å². The standard InChI is InChI=1S/C27H32N4O3.C23H18FN3O5.C2H6/c1-16(2)25-21-7-22(24(32)8-23(21)28-29-25)26(33)31-12-18-5-4-17(6-19(18)13-31)11-30-14-27(15-30)9-20(10-27)34-3;1-9-10-2-3-15(25-8-28)19-12-6-27-17(20(12)26-16(18(10)19)5-14(9)24)4-11-13(22(27)30)7-32-23(31)21(11)29;1-2/h4-8,16,20,32H,9-15H2,1-3H3,(H,28,29);4-5,8,15,21,29H,2-3,6-7H2,1H3,(H,25,28);1-2H3. The number of aromatic hydroxyl groups is 1. The lowest BCUT2D eigenvalue weighted by Crippen LogP contribution is -2.63. The molecule has 354 valence electrons. The number of benzene rings is 3. The second kappa shape index (κ2) is 17.2. The van der Waals surface area contributed by atoms with E-state index >= 15 is 0 Å². The number of aromatic amines is 1. The third kappa shape index (κ3) is 7.35. The van der Waals surface area contributed by atoms with Crippen molar-refractivity contribution >= 4 is 40.1 Å². The SMILES string of the molecule is CC.COC1CC2(C1)CN(Cc1ccc3c(c1)CN(C(=O)c1cc4c(C(C)C)[nH]nc4cc1O)C3)C2.Cc1c(F)cc2nc3c(c4c2c1CCC4NC=O)Cn1c-3cc2c(c1=O)COC(=O)C2O. The highest BCUT2D eigenvalue weighted by Gasteiger charge is 2.52. The number of methoxy groups -OCH3 is 1. The molecule has 15 nitrogen and oxygen atoms in total. The normalized spacial score (nSPS) is 19.5. The number of H-pyrrole nitrogens is 1. The molecule has 4 N–H and O–H groups in total. The number of nitrogens with zero attached hydrogens (tertiary/aromatic N) is 5. The maximum absolute atomic E-state index is 14.7. The lowest BCUT2D eigenvalue weighted by molar-refractivity contribution is -0.157. The Kier molecular flexibility index (Phi) is 11.5. The molecule has 3 aromatic heterocycles. The first-order valence-electron chi connectivity index (χ1n) is 23.6. The number of carbonyl (C=O) groups excluding carboxylic acids is 3. The van der Waals surface area contributed by atoms with Crippen LogP contribution in [0.25, 0.3) is 33.2 Å². The van der Waals surface area contributed by atoms with E-state index in [0.29, 0.717) is 77.4 Å². The Bertz CT molecular complexity index is 3130. The lowest BCUT2D eigenvalue weighted by atomic mass is 9.61. The van der Waals surface area contributed by atoms with Crippen molar-refractivity contribution in [2.24, 2.45) is 5.41 Å². The molecule has 3 aromatic carbocycles. The van der Waals surface area contributed by atoms with E-state index in [4.69, 9.17) is 14.5 Å². The van der Waals surface area contributed by atoms with E-state index in [2.05, 4.69) is 52.5 Å². The zero-order valence-corrected chi connectivity index (χ0v) is 39.2. The van der Waals surface area contributed by atoms with Crippen molar-refractivity contribution in [3.05, 3.63) is 120 Å². The Morgan fingerprint density at radius 2 is 1.81 bits per heavy atom. The van der Waals surface area contributed by atoms with Crippen LogP contribution in [0.1, 0.15) is 131 Å². The molecule has 0 bridgehead atoms. The number of nitrogens with one attached hydrogen (secondary N) is 2. The summed E-state index contributed by atoms with van der Waals surface area (Å²) in [6.07, 6.45) is 3.15. The third-order valence-electron chi connectivity index (χ3n) is 14.9. The number of likely N-dealkylation sites (tertiary alicyclic amines) is 1. The first-order chi connectivity index (χ1) is 32.7. The molecule has 12 rings (SSSR count). The largest absolute Gasteiger partial charge is 0.507 e. The molecule has 0 radical (unpaired) electrons. The summed E-state index contributed by atoms with van der Waals surface area (Å²) in [6.45, 7) is 14.3. The number of fused-ring (bicyclic) bond motifs is 7. The van der Waals surface area contributed by atoms with E-state index < -0.39 is 12.1 Å². The number of rotatable bonds is 7. The average Bonchev–Trinajstić information content (AvgIpc) is 4.03. The highest BCUT2D eigenvalue weighted by molar-refractivity contribution is 6.01. The van der Waals surface area contributed by atoms with Gasteiger partial charge in [-0.2, -0.15) is 5.10 Å². The van der Waals surface area contributed by atoms with Crippen LogP contribution in [-0.4, -0.2) is 84.4 Å². The fraction of sp³-hybridized carbons (Fsp3) is 0.423. The van der Waals surface area contributed by atoms with Crippen molar-refractivity contribution in [2.75, 3.05) is 20.2 Å². The topological polar surface area (TPSA) is 192 Å². The van der Waals surface area contributed by atoms with Gasteiger partial charge in [0.2, 0.25) is 6.41 Å². The number of halogens is 1. The Hall–Kier alpha value is -6.49. The molecule has 1 spiro atoms. The van der Waals surface area contributed by atoms with E-state index in [0.717, 1.165) is 52.8 Å². The number of carbonyl (C=O) groups is 3. The maximum atomic E-state index is 14.7. The number of esters is 1. The first-order valence-corrected chi connectivity index (χ1v) is 23.6. The second-order valence-electron chi connectivity index (χ2n) is 19.3. The Labute approximate surface area is 392 Å². The molecule has 2 amide bonds. The number of aryl methyl sites for hydroxylation is 1. The van der Waals surface area contributed by atoms with Crippen molar-refractivity contribution in [3.8, 4) is 17.1 Å². The lowest BCUT2D eigenvalue weighted by Gasteiger charge is -2.58. The van der Waals surface area contributed by atoms with Crippen LogP contribution in [0.4, 0.5) is 4.39 Å². The first kappa shape index (κ1) is 45.3. The van der Waals surface area contributed by atoms with E-state index in [1.807, 2.05) is 25.9 Å². The van der Waals surface area contributed by atoms with Gasteiger partial charge in [0.25, 0.3) is 11.5 Å². The van der Waals surface area contributed by atoms with Gasteiger partial charge in [-0.3, -0.25) is 24.4 Å². The summed E-state index contributed by atoms with van der Waals surface area (Å²) in [4.78, 5) is 58.8. The van der Waals surface area contributed by atoms with Crippen LogP contribution in [-0.2, 0) is 58.3 Å². The summed E-state index contributed by atoms with van der Waals surface area (Å²) < 4.78 is 26.6. The summed E-state index contributed by atoms with van der Waals surface area (Å²) in [6, 6.07) is 12.7. The van der Waals surface area contributed by atoms with Crippen LogP contribution in [0, 0.1) is 18.2 Å². The zero-order valence-electron chi connectivity index (χ0n) is 39.2. The number of phenolic OH excluding ortho intramolecular Hbond substituents is 1. The third-order valence-corrected chi connectivity index (χ3v) is 14.9. The zero-order chi connectivity index (χ0) is 47.9. The van der Waals surface area contributed by atoms with Crippen LogP contribution < -0.4 is 10.9 Å². The number of phenols is 1. The molecule has 4 aliphatic heterocycles. The number of hydrogen-bond acceptors (Lipinski definition) is 11. The number of amides is 2. The number of aliphatic hydroxyl groups excluding tert-OH is 1. The highest BCUT2D eigenvalue weighted by atomic mass is 19.1. The average molecular weight is 926 g/mol. The molecule has 2 unspecified atom stereocenters. The summed E-state index contributed by atoms with van der Waals surface area (Å²) in [5.74, 6) is -1.07. The predicted octanol–water partition coefficient (Wildman–Crippen LogP) is 6.88. The Morgan fingerprint density at radius 3 is 2.54 bits per heavy atom. The molecular weight excluding hydrogens is 870 g/mol. The van der Waals surface area contributed by atoms with Crippen molar-refractivity contribution in [3.63, 3.8) is 0 Å². The van der Waals surface area contributed by atoms with Crippen LogP contribution in [0.15, 0.2) is 47.3 Å². The molecule has 1 saturated carbocycles. The quantitative estimate of drug-likeness (QED) is 0.0963. The second-order valence-corrected chi connectivity index (χ2v) is 19.3. The number of ether oxygens (including phenoxy) is 2. The minimum Gasteiger partial charge on any atom is -0.507 e. The van der Waals surface area contributed by atoms with Crippen LogP contribution in [0.5, 0.6) is 5.75 Å². The smallest absolute Gasteiger partial charge is 0.340 e. The molecule has 2 atom stereocenters. The van der Waals surface area contributed by atoms with Gasteiger partial charge in [0, 0.05) is 85.0 Å². The summed E-state index contributed by atoms with van der Waals surface area (Å²) >= 11 is 0. The monoisotopic (exact) mass is 925 g/mol. The van der Waals surface area contributed by atoms with Crippen LogP contribution >= 0.6 is 0 Å². The fourth-order valence-electron chi connectivity index (χ4n) is 11.5. The van der Waals surface area contributed by atoms with E-state index in [1.54, 1.807) is 25.1 Å². The maximum Gasteiger partial charge on any atom is 0.340 e. The molecule has 16 heteroatoms. The van der Waals surface area contributed by atoms with Crippen LogP contribution in [0.3, 0.4) is 0 Å². The molecule has 2 aliphatic carbocycles. The van der Waals surface area contributed by atoms with Gasteiger partial charge in [-0.1, -0.05) is 45.9 Å². The van der Waals surface area contributed by atoms with Crippen molar-refractivity contribution in [1.29, 1.82) is 0 Å². The minimum atomic E-state index is -1.55. The fourth-order valence-corrected chi connectivity index (χ4v) is 11.5. The Morgan fingerprint density at radius 1 is 1.04 bits per heavy atom. The van der Waals surface area contributed by atoms with Gasteiger partial charge in [-0.25, -0.2) is 14.2 Å². The van der Waals surface area contributed by atoms with Crippen molar-refractivity contribution < 1.29 is 38.5 Å². The number of aliphatic hydroxyl groups is 1. The van der Waals surface area contributed by atoms with Crippen molar-refractivity contribution in [1.82, 2.24) is 34.9 Å². The minimum absolute atomic E-state index is 0.0191. The van der Waals surface area contributed by atoms with Gasteiger partial charge in [0.1, 0.15) is 18.2 Å². The summed E-state index contributed by atoms with van der Waals surface area (Å²) in [7, 11) is 1.81. The van der Waals surface area contributed by atoms with Gasteiger partial charge >= 0.3 is 5.97 Å². The molecule has 7 heterocycles. The summed E-state index contributed by atoms with van der Waals surface area (Å²) in [5.41, 5.74) is 10.7. The van der Waals surface area contributed by atoms with Gasteiger partial charge in [0.05, 0.1) is 52.2 Å². The van der Waals surface area contributed by atoms with E-state index in [1.165, 1.54) is 40.2 Å².